The third-order valence-corrected chi connectivity index (χ3v) is 3.77. The fraction of sp³-hybridized carbons (Fsp3) is 0.176. The summed E-state index contributed by atoms with van der Waals surface area (Å²) in [5.41, 5.74) is 2.10. The molecule has 2 amide bonds. The molecule has 2 rings (SSSR count). The Hall–Kier alpha value is -2.04. The van der Waals surface area contributed by atoms with Gasteiger partial charge in [-0.15, -0.1) is 0 Å². The van der Waals surface area contributed by atoms with Crippen LogP contribution in [0.2, 0.25) is 10.0 Å². The zero-order valence-corrected chi connectivity index (χ0v) is 14.3. The highest BCUT2D eigenvalue weighted by molar-refractivity contribution is 6.36. The number of carbonyl (C=O) groups excluding carboxylic acids is 2. The van der Waals surface area contributed by atoms with E-state index in [-0.39, 0.29) is 23.4 Å². The first-order valence-electron chi connectivity index (χ1n) is 6.94. The first-order valence-corrected chi connectivity index (χ1v) is 7.69. The molecule has 0 bridgehead atoms. The SMILES string of the molecule is Cc1ccc(NC(=O)CN(C)C(=O)c2ccc(Cl)cc2Cl)cc1. The van der Waals surface area contributed by atoms with Gasteiger partial charge in [0, 0.05) is 17.8 Å². The number of nitrogens with zero attached hydrogens (tertiary/aromatic N) is 1. The number of amides is 2. The molecule has 120 valence electrons. The highest BCUT2D eigenvalue weighted by Gasteiger charge is 2.17. The first kappa shape index (κ1) is 17.3. The molecule has 4 nitrogen and oxygen atoms in total. The van der Waals surface area contributed by atoms with Gasteiger partial charge in [-0.05, 0) is 37.3 Å². The number of carbonyl (C=O) groups is 2. The summed E-state index contributed by atoms with van der Waals surface area (Å²) >= 11 is 11.8. The maximum atomic E-state index is 12.3. The van der Waals surface area contributed by atoms with E-state index in [9.17, 15) is 9.59 Å². The summed E-state index contributed by atoms with van der Waals surface area (Å²) in [6.07, 6.45) is 0. The van der Waals surface area contributed by atoms with Gasteiger partial charge in [0.25, 0.3) is 5.91 Å². The number of benzene rings is 2. The third-order valence-electron chi connectivity index (χ3n) is 3.22. The Morgan fingerprint density at radius 1 is 1.09 bits per heavy atom. The van der Waals surface area contributed by atoms with E-state index in [1.165, 1.54) is 11.0 Å². The molecule has 0 radical (unpaired) electrons. The quantitative estimate of drug-likeness (QED) is 0.905. The van der Waals surface area contributed by atoms with Crippen molar-refractivity contribution in [3.05, 3.63) is 63.6 Å². The van der Waals surface area contributed by atoms with E-state index in [1.807, 2.05) is 31.2 Å². The minimum atomic E-state index is -0.342. The number of aryl methyl sites for hydroxylation is 1. The molecule has 0 atom stereocenters. The molecule has 0 spiro atoms. The maximum Gasteiger partial charge on any atom is 0.255 e. The fourth-order valence-corrected chi connectivity index (χ4v) is 2.48. The van der Waals surface area contributed by atoms with E-state index in [0.29, 0.717) is 16.3 Å². The van der Waals surface area contributed by atoms with Crippen molar-refractivity contribution in [3.63, 3.8) is 0 Å². The van der Waals surface area contributed by atoms with Crippen LogP contribution in [-0.2, 0) is 4.79 Å². The molecule has 23 heavy (non-hydrogen) atoms. The molecule has 0 unspecified atom stereocenters. The Morgan fingerprint density at radius 2 is 1.74 bits per heavy atom. The van der Waals surface area contributed by atoms with Crippen LogP contribution in [0, 0.1) is 6.92 Å². The molecule has 2 aromatic carbocycles. The van der Waals surface area contributed by atoms with Gasteiger partial charge in [0.05, 0.1) is 17.1 Å². The number of hydrogen-bond donors (Lipinski definition) is 1. The zero-order valence-electron chi connectivity index (χ0n) is 12.8. The summed E-state index contributed by atoms with van der Waals surface area (Å²) in [4.78, 5) is 25.7. The lowest BCUT2D eigenvalue weighted by Gasteiger charge is -2.17. The Morgan fingerprint density at radius 3 is 2.35 bits per heavy atom. The van der Waals surface area contributed by atoms with E-state index in [2.05, 4.69) is 5.32 Å². The lowest BCUT2D eigenvalue weighted by Crippen LogP contribution is -2.35. The van der Waals surface area contributed by atoms with Gasteiger partial charge < -0.3 is 10.2 Å². The number of rotatable bonds is 4. The molecule has 0 aliphatic carbocycles. The van der Waals surface area contributed by atoms with Crippen molar-refractivity contribution in [3.8, 4) is 0 Å². The predicted molar refractivity (Wildman–Crippen MR) is 93.2 cm³/mol. The average Bonchev–Trinajstić information content (AvgIpc) is 2.49. The third kappa shape index (κ3) is 4.71. The van der Waals surface area contributed by atoms with E-state index in [1.54, 1.807) is 19.2 Å². The van der Waals surface area contributed by atoms with Crippen LogP contribution in [0.1, 0.15) is 15.9 Å². The molecule has 0 aliphatic heterocycles. The van der Waals surface area contributed by atoms with Crippen molar-refractivity contribution >= 4 is 40.7 Å². The van der Waals surface area contributed by atoms with Crippen LogP contribution in [0.5, 0.6) is 0 Å². The summed E-state index contributed by atoms with van der Waals surface area (Å²) < 4.78 is 0. The van der Waals surface area contributed by atoms with E-state index >= 15 is 0 Å². The highest BCUT2D eigenvalue weighted by atomic mass is 35.5. The van der Waals surface area contributed by atoms with Crippen molar-refractivity contribution in [1.82, 2.24) is 4.90 Å². The van der Waals surface area contributed by atoms with Gasteiger partial charge >= 0.3 is 0 Å². The molecule has 1 N–H and O–H groups in total. The second-order valence-corrected chi connectivity index (χ2v) is 6.04. The highest BCUT2D eigenvalue weighted by Crippen LogP contribution is 2.22. The smallest absolute Gasteiger partial charge is 0.255 e. The summed E-state index contributed by atoms with van der Waals surface area (Å²) in [6, 6.07) is 12.0. The largest absolute Gasteiger partial charge is 0.332 e. The lowest BCUT2D eigenvalue weighted by molar-refractivity contribution is -0.116. The number of anilines is 1. The Balaban J connectivity index is 2.00. The summed E-state index contributed by atoms with van der Waals surface area (Å²) in [5.74, 6) is -0.625. The number of hydrogen-bond acceptors (Lipinski definition) is 2. The molecule has 6 heteroatoms. The average molecular weight is 351 g/mol. The molecule has 0 fully saturated rings. The Bertz CT molecular complexity index is 730. The summed E-state index contributed by atoms with van der Waals surface area (Å²) in [6.45, 7) is 1.89. The minimum Gasteiger partial charge on any atom is -0.332 e. The predicted octanol–water partition coefficient (Wildman–Crippen LogP) is 4.01. The first-order chi connectivity index (χ1) is 10.9. The molecule has 0 aromatic heterocycles. The van der Waals surface area contributed by atoms with Gasteiger partial charge in [-0.3, -0.25) is 9.59 Å². The number of nitrogens with one attached hydrogen (secondary N) is 1. The molecule has 0 saturated heterocycles. The van der Waals surface area contributed by atoms with Crippen molar-refractivity contribution in [2.45, 2.75) is 6.92 Å². The van der Waals surface area contributed by atoms with E-state index in [4.69, 9.17) is 23.2 Å². The summed E-state index contributed by atoms with van der Waals surface area (Å²) in [7, 11) is 1.54. The van der Waals surface area contributed by atoms with E-state index in [0.717, 1.165) is 5.56 Å². The van der Waals surface area contributed by atoms with E-state index < -0.39 is 0 Å². The van der Waals surface area contributed by atoms with Crippen LogP contribution >= 0.6 is 23.2 Å². The van der Waals surface area contributed by atoms with Crippen molar-refractivity contribution in [2.24, 2.45) is 0 Å². The van der Waals surface area contributed by atoms with Gasteiger partial charge in [0.15, 0.2) is 0 Å². The summed E-state index contributed by atoms with van der Waals surface area (Å²) in [5, 5.41) is 3.45. The fourth-order valence-electron chi connectivity index (χ4n) is 1.99. The van der Waals surface area contributed by atoms with Crippen LogP contribution < -0.4 is 5.32 Å². The monoisotopic (exact) mass is 350 g/mol. The van der Waals surface area contributed by atoms with Gasteiger partial charge in [-0.1, -0.05) is 40.9 Å². The van der Waals surface area contributed by atoms with Crippen molar-refractivity contribution in [2.75, 3.05) is 18.9 Å². The van der Waals surface area contributed by atoms with Crippen LogP contribution in [0.15, 0.2) is 42.5 Å². The molecule has 0 heterocycles. The minimum absolute atomic E-state index is 0.0777. The van der Waals surface area contributed by atoms with Crippen LogP contribution in [-0.4, -0.2) is 30.3 Å². The maximum absolute atomic E-state index is 12.3. The standard InChI is InChI=1S/C17H16Cl2N2O2/c1-11-3-6-13(7-4-11)20-16(22)10-21(2)17(23)14-8-5-12(18)9-15(14)19/h3-9H,10H2,1-2H3,(H,20,22). The topological polar surface area (TPSA) is 49.4 Å². The molecule has 2 aromatic rings. The number of halogens is 2. The Kier molecular flexibility index (Phi) is 5.64. The van der Waals surface area contributed by atoms with Crippen LogP contribution in [0.4, 0.5) is 5.69 Å². The van der Waals surface area contributed by atoms with Gasteiger partial charge in [-0.2, -0.15) is 0 Å². The van der Waals surface area contributed by atoms with Crippen molar-refractivity contribution in [1.29, 1.82) is 0 Å². The van der Waals surface area contributed by atoms with Gasteiger partial charge in [0.2, 0.25) is 5.91 Å². The van der Waals surface area contributed by atoms with Crippen LogP contribution in [0.25, 0.3) is 0 Å². The normalized spacial score (nSPS) is 10.3. The van der Waals surface area contributed by atoms with Gasteiger partial charge in [-0.25, -0.2) is 0 Å². The second-order valence-electron chi connectivity index (χ2n) is 5.20. The Labute approximate surface area is 145 Å². The second kappa shape index (κ2) is 7.49. The number of likely N-dealkylation sites (N-methyl/N-ethyl adjacent to an activating group) is 1. The molecular weight excluding hydrogens is 335 g/mol. The zero-order chi connectivity index (χ0) is 17.0. The van der Waals surface area contributed by atoms with Crippen LogP contribution in [0.3, 0.4) is 0 Å². The van der Waals surface area contributed by atoms with Crippen molar-refractivity contribution < 1.29 is 9.59 Å². The molecular formula is C17H16Cl2N2O2. The van der Waals surface area contributed by atoms with Gasteiger partial charge in [0.1, 0.15) is 0 Å². The molecule has 0 aliphatic rings. The lowest BCUT2D eigenvalue weighted by atomic mass is 10.2. The molecule has 0 saturated carbocycles.